The van der Waals surface area contributed by atoms with Crippen LogP contribution in [-0.2, 0) is 20.8 Å². The van der Waals surface area contributed by atoms with Gasteiger partial charge in [-0.3, -0.25) is 4.79 Å². The third-order valence-electron chi connectivity index (χ3n) is 1.83. The van der Waals surface area contributed by atoms with Crippen LogP contribution in [0.4, 0.5) is 13.2 Å². The van der Waals surface area contributed by atoms with Crippen LogP contribution in [0.3, 0.4) is 0 Å². The minimum Gasteiger partial charge on any atom is -0.285 e. The van der Waals surface area contributed by atoms with Crippen LogP contribution in [0.1, 0.15) is 11.1 Å². The second-order valence-corrected chi connectivity index (χ2v) is 5.10. The van der Waals surface area contributed by atoms with Crippen LogP contribution in [0.2, 0.25) is 0 Å². The molecule has 0 aliphatic rings. The minimum atomic E-state index is -4.78. The molecule has 0 fully saturated rings. The number of rotatable bonds is 2. The smallest absolute Gasteiger partial charge is 0.285 e. The Kier molecular flexibility index (Phi) is 3.09. The number of carbonyl (C=O) groups excluding carboxylic acids is 1. The highest BCUT2D eigenvalue weighted by Gasteiger charge is 2.34. The molecule has 1 radical (unpaired) electrons. The normalized spacial score (nSPS) is 12.5. The summed E-state index contributed by atoms with van der Waals surface area (Å²) in [5, 5.41) is 0. The molecule has 0 saturated carbocycles. The maximum Gasteiger partial charge on any atom is 0.417 e. The van der Waals surface area contributed by atoms with Crippen molar-refractivity contribution in [2.45, 2.75) is 11.1 Å². The van der Waals surface area contributed by atoms with Gasteiger partial charge < -0.3 is 0 Å². The highest BCUT2D eigenvalue weighted by atomic mass is 32.2. The lowest BCUT2D eigenvalue weighted by molar-refractivity contribution is -0.137. The van der Waals surface area contributed by atoms with Gasteiger partial charge in [-0.25, -0.2) is 8.42 Å². The third kappa shape index (κ3) is 2.60. The first kappa shape index (κ1) is 12.7. The summed E-state index contributed by atoms with van der Waals surface area (Å²) >= 11 is 0. The van der Waals surface area contributed by atoms with E-state index in [1.807, 2.05) is 0 Å². The first-order valence-corrected chi connectivity index (χ1v) is 5.85. The van der Waals surface area contributed by atoms with E-state index in [0.29, 0.717) is 6.07 Å². The summed E-state index contributed by atoms with van der Waals surface area (Å²) < 4.78 is 59.4. The van der Waals surface area contributed by atoms with Crippen LogP contribution in [0.5, 0.6) is 0 Å². The van der Waals surface area contributed by atoms with Crippen LogP contribution in [0.15, 0.2) is 23.1 Å². The van der Waals surface area contributed by atoms with Gasteiger partial charge in [0.05, 0.1) is 10.5 Å². The summed E-state index contributed by atoms with van der Waals surface area (Å²) in [5.74, 6) is 0. The molecule has 16 heavy (non-hydrogen) atoms. The summed E-state index contributed by atoms with van der Waals surface area (Å²) in [6, 6.07) is 2.15. The van der Waals surface area contributed by atoms with E-state index in [1.165, 1.54) is 0 Å². The van der Waals surface area contributed by atoms with Gasteiger partial charge in [0.15, 0.2) is 9.84 Å². The van der Waals surface area contributed by atoms with Crippen molar-refractivity contribution in [3.63, 3.8) is 0 Å². The summed E-state index contributed by atoms with van der Waals surface area (Å²) in [7, 11) is -3.74. The summed E-state index contributed by atoms with van der Waals surface area (Å²) in [5.41, 5.74) is -2.01. The summed E-state index contributed by atoms with van der Waals surface area (Å²) in [4.78, 5) is 9.77. The fraction of sp³-hybridized carbons (Fsp3) is 0.222. The van der Waals surface area contributed by atoms with E-state index in [9.17, 15) is 26.4 Å². The largest absolute Gasteiger partial charge is 0.417 e. The molecule has 0 aromatic heterocycles. The van der Waals surface area contributed by atoms with Crippen LogP contribution in [0.25, 0.3) is 0 Å². The number of halogens is 3. The Morgan fingerprint density at radius 3 is 2.19 bits per heavy atom. The molecule has 0 saturated heterocycles. The number of benzene rings is 1. The third-order valence-corrected chi connectivity index (χ3v) is 2.94. The first-order chi connectivity index (χ1) is 7.16. The van der Waals surface area contributed by atoms with Crippen LogP contribution in [-0.4, -0.2) is 21.0 Å². The fourth-order valence-corrected chi connectivity index (χ4v) is 1.72. The highest BCUT2D eigenvalue weighted by molar-refractivity contribution is 7.90. The monoisotopic (exact) mass is 251 g/mol. The van der Waals surface area contributed by atoms with Crippen molar-refractivity contribution in [2.75, 3.05) is 6.26 Å². The molecule has 1 aromatic rings. The predicted molar refractivity (Wildman–Crippen MR) is 49.3 cm³/mol. The van der Waals surface area contributed by atoms with Gasteiger partial charge in [-0.05, 0) is 18.2 Å². The van der Waals surface area contributed by atoms with Crippen molar-refractivity contribution < 1.29 is 26.4 Å². The second-order valence-electron chi connectivity index (χ2n) is 3.08. The average molecular weight is 251 g/mol. The van der Waals surface area contributed by atoms with Gasteiger partial charge in [0, 0.05) is 11.8 Å². The molecule has 0 aliphatic heterocycles. The van der Waals surface area contributed by atoms with Crippen molar-refractivity contribution in [1.82, 2.24) is 0 Å². The van der Waals surface area contributed by atoms with Gasteiger partial charge >= 0.3 is 6.18 Å². The number of hydrogen-bond donors (Lipinski definition) is 0. The second kappa shape index (κ2) is 3.89. The van der Waals surface area contributed by atoms with Gasteiger partial charge in [-0.2, -0.15) is 13.2 Å². The number of sulfone groups is 1. The van der Waals surface area contributed by atoms with Crippen molar-refractivity contribution in [3.05, 3.63) is 29.3 Å². The number of alkyl halides is 3. The molecule has 3 nitrogen and oxygen atoms in total. The molecule has 0 heterocycles. The molecule has 0 atom stereocenters. The standard InChI is InChI=1S/C9H6F3O3S/c1-16(14,15)7-3-2-6(5-13)8(4-7)9(10,11)12/h2-4H,1H3. The lowest BCUT2D eigenvalue weighted by Crippen LogP contribution is -2.11. The lowest BCUT2D eigenvalue weighted by Gasteiger charge is -2.10. The van der Waals surface area contributed by atoms with Crippen molar-refractivity contribution in [3.8, 4) is 0 Å². The Hall–Kier alpha value is -1.37. The molecule has 0 aliphatic carbocycles. The van der Waals surface area contributed by atoms with Crippen LogP contribution < -0.4 is 0 Å². The molecule has 1 aromatic carbocycles. The van der Waals surface area contributed by atoms with Crippen molar-refractivity contribution in [2.24, 2.45) is 0 Å². The predicted octanol–water partition coefficient (Wildman–Crippen LogP) is 1.57. The van der Waals surface area contributed by atoms with Gasteiger partial charge in [-0.15, -0.1) is 0 Å². The molecule has 0 bridgehead atoms. The van der Waals surface area contributed by atoms with Crippen LogP contribution in [0, 0.1) is 0 Å². The van der Waals surface area contributed by atoms with E-state index in [1.54, 1.807) is 0 Å². The van der Waals surface area contributed by atoms with Crippen molar-refractivity contribution in [1.29, 1.82) is 0 Å². The zero-order valence-electron chi connectivity index (χ0n) is 8.00. The fourth-order valence-electron chi connectivity index (χ4n) is 1.08. The molecule has 7 heteroatoms. The molecule has 0 spiro atoms. The maximum atomic E-state index is 12.4. The Morgan fingerprint density at radius 2 is 1.81 bits per heavy atom. The Bertz CT molecular complexity index is 517. The lowest BCUT2D eigenvalue weighted by atomic mass is 10.1. The molecular formula is C9H6F3O3S. The van der Waals surface area contributed by atoms with Gasteiger partial charge in [0.1, 0.15) is 0 Å². The van der Waals surface area contributed by atoms with Gasteiger partial charge in [-0.1, -0.05) is 0 Å². The van der Waals surface area contributed by atoms with E-state index in [0.717, 1.165) is 24.7 Å². The molecule has 87 valence electrons. The van der Waals surface area contributed by atoms with E-state index >= 15 is 0 Å². The molecular weight excluding hydrogens is 245 g/mol. The molecule has 0 unspecified atom stereocenters. The highest BCUT2D eigenvalue weighted by Crippen LogP contribution is 2.32. The van der Waals surface area contributed by atoms with E-state index < -0.39 is 32.0 Å². The quantitative estimate of drug-likeness (QED) is 0.801. The number of hydrogen-bond acceptors (Lipinski definition) is 3. The zero-order chi connectivity index (χ0) is 12.6. The van der Waals surface area contributed by atoms with E-state index in [2.05, 4.69) is 0 Å². The Morgan fingerprint density at radius 1 is 1.25 bits per heavy atom. The first-order valence-electron chi connectivity index (χ1n) is 3.95. The average Bonchev–Trinajstić information content (AvgIpc) is 2.14. The summed E-state index contributed by atoms with van der Waals surface area (Å²) in [6.45, 7) is 0. The molecule has 0 amide bonds. The van der Waals surface area contributed by atoms with Gasteiger partial charge in [0.2, 0.25) is 6.29 Å². The molecule has 0 N–H and O–H groups in total. The van der Waals surface area contributed by atoms with E-state index in [4.69, 9.17) is 0 Å². The SMILES string of the molecule is CS(=O)(=O)c1ccc([C]=O)c(C(F)(F)F)c1. The van der Waals surface area contributed by atoms with Gasteiger partial charge in [0.25, 0.3) is 0 Å². The molecule has 1 rings (SSSR count). The Balaban J connectivity index is 3.51. The minimum absolute atomic E-state index is 0.426. The van der Waals surface area contributed by atoms with Crippen molar-refractivity contribution >= 4 is 16.1 Å². The topological polar surface area (TPSA) is 51.2 Å². The Labute approximate surface area is 89.8 Å². The summed E-state index contributed by atoms with van der Waals surface area (Å²) in [6.07, 6.45) is -2.88. The van der Waals surface area contributed by atoms with Crippen LogP contribution >= 0.6 is 0 Å². The zero-order valence-corrected chi connectivity index (χ0v) is 8.82. The van der Waals surface area contributed by atoms with E-state index in [-0.39, 0.29) is 0 Å². The maximum absolute atomic E-state index is 12.4.